The van der Waals surface area contributed by atoms with E-state index in [1.54, 1.807) is 18.3 Å². The van der Waals surface area contributed by atoms with Gasteiger partial charge in [0.2, 0.25) is 0 Å². The van der Waals surface area contributed by atoms with Crippen molar-refractivity contribution in [1.29, 1.82) is 0 Å². The summed E-state index contributed by atoms with van der Waals surface area (Å²) < 4.78 is 1.07. The van der Waals surface area contributed by atoms with Gasteiger partial charge >= 0.3 is 5.97 Å². The average molecular weight is 292 g/mol. The summed E-state index contributed by atoms with van der Waals surface area (Å²) in [5.74, 6) is -1.01. The molecule has 5 heteroatoms. The first-order valence-electron chi connectivity index (χ1n) is 4.68. The maximum Gasteiger partial charge on any atom is 0.306 e. The quantitative estimate of drug-likeness (QED) is 0.906. The largest absolute Gasteiger partial charge is 0.481 e. The van der Waals surface area contributed by atoms with Crippen LogP contribution in [0.15, 0.2) is 15.9 Å². The van der Waals surface area contributed by atoms with Gasteiger partial charge in [-0.15, -0.1) is 11.3 Å². The highest BCUT2D eigenvalue weighted by molar-refractivity contribution is 9.10. The number of nitrogens with zero attached hydrogens (tertiary/aromatic N) is 1. The molecule has 15 heavy (non-hydrogen) atoms. The molecule has 0 spiro atoms. The number of hydrogen-bond donors (Lipinski definition) is 1. The summed E-state index contributed by atoms with van der Waals surface area (Å²) in [4.78, 5) is 12.7. The highest BCUT2D eigenvalue weighted by Crippen LogP contribution is 2.27. The third kappa shape index (κ3) is 3.83. The molecule has 3 nitrogen and oxygen atoms in total. The second-order valence-corrected chi connectivity index (χ2v) is 5.36. The van der Waals surface area contributed by atoms with Crippen molar-refractivity contribution in [2.24, 2.45) is 5.92 Å². The molecule has 84 valence electrons. The van der Waals surface area contributed by atoms with Crippen molar-refractivity contribution in [2.75, 3.05) is 18.5 Å². The fourth-order valence-corrected chi connectivity index (χ4v) is 2.54. The minimum absolute atomic E-state index is 0.282. The molecule has 1 heterocycles. The molecule has 0 fully saturated rings. The van der Waals surface area contributed by atoms with Crippen LogP contribution in [-0.2, 0) is 4.79 Å². The number of rotatable bonds is 5. The first-order chi connectivity index (χ1) is 7.00. The van der Waals surface area contributed by atoms with E-state index in [9.17, 15) is 4.79 Å². The molecular weight excluding hydrogens is 278 g/mol. The van der Waals surface area contributed by atoms with Crippen LogP contribution in [0.4, 0.5) is 5.00 Å². The van der Waals surface area contributed by atoms with Crippen molar-refractivity contribution < 1.29 is 9.90 Å². The van der Waals surface area contributed by atoms with Gasteiger partial charge in [-0.3, -0.25) is 4.79 Å². The summed E-state index contributed by atoms with van der Waals surface area (Å²) >= 11 is 5.04. The lowest BCUT2D eigenvalue weighted by molar-refractivity contribution is -0.141. The summed E-state index contributed by atoms with van der Waals surface area (Å²) in [5, 5.41) is 11.9. The Morgan fingerprint density at radius 2 is 2.40 bits per heavy atom. The van der Waals surface area contributed by atoms with Gasteiger partial charge in [-0.1, -0.05) is 6.92 Å². The van der Waals surface area contributed by atoms with E-state index < -0.39 is 5.97 Å². The smallest absolute Gasteiger partial charge is 0.306 e. The van der Waals surface area contributed by atoms with Crippen LogP contribution in [0, 0.1) is 5.92 Å². The molecule has 1 unspecified atom stereocenters. The number of aliphatic carboxylic acids is 1. The molecule has 1 aromatic heterocycles. The highest BCUT2D eigenvalue weighted by atomic mass is 79.9. The van der Waals surface area contributed by atoms with Gasteiger partial charge in [-0.05, 0) is 28.4 Å². The van der Waals surface area contributed by atoms with Gasteiger partial charge < -0.3 is 10.0 Å². The standard InChI is InChI=1S/C10H14BrNO2S/c1-7(10(13)14)3-4-12(2)9-5-8(11)6-15-9/h5-7H,3-4H2,1-2H3,(H,13,14). The summed E-state index contributed by atoms with van der Waals surface area (Å²) in [6.07, 6.45) is 0.668. The van der Waals surface area contributed by atoms with E-state index >= 15 is 0 Å². The average Bonchev–Trinajstić information content (AvgIpc) is 2.60. The van der Waals surface area contributed by atoms with Crippen molar-refractivity contribution in [3.63, 3.8) is 0 Å². The Morgan fingerprint density at radius 1 is 1.73 bits per heavy atom. The maximum absolute atomic E-state index is 10.6. The number of thiophene rings is 1. The minimum atomic E-state index is -0.726. The van der Waals surface area contributed by atoms with Crippen molar-refractivity contribution in [3.05, 3.63) is 15.9 Å². The zero-order chi connectivity index (χ0) is 11.4. The van der Waals surface area contributed by atoms with Crippen molar-refractivity contribution in [3.8, 4) is 0 Å². The number of carboxylic acids is 1. The van der Waals surface area contributed by atoms with Gasteiger partial charge in [0.25, 0.3) is 0 Å². The van der Waals surface area contributed by atoms with Gasteiger partial charge in [0.05, 0.1) is 10.9 Å². The normalized spacial score (nSPS) is 12.5. The highest BCUT2D eigenvalue weighted by Gasteiger charge is 2.12. The number of anilines is 1. The molecule has 1 rings (SSSR count). The van der Waals surface area contributed by atoms with Crippen molar-refractivity contribution in [1.82, 2.24) is 0 Å². The molecule has 1 N–H and O–H groups in total. The van der Waals surface area contributed by atoms with Gasteiger partial charge in [0, 0.05) is 23.4 Å². The lowest BCUT2D eigenvalue weighted by atomic mass is 10.1. The van der Waals surface area contributed by atoms with E-state index in [1.807, 2.05) is 18.5 Å². The van der Waals surface area contributed by atoms with Crippen LogP contribution in [0.2, 0.25) is 0 Å². The van der Waals surface area contributed by atoms with Crippen molar-refractivity contribution in [2.45, 2.75) is 13.3 Å². The summed E-state index contributed by atoms with van der Waals surface area (Å²) in [6, 6.07) is 2.04. The van der Waals surface area contributed by atoms with Crippen LogP contribution in [0.3, 0.4) is 0 Å². The third-order valence-corrected chi connectivity index (χ3v) is 4.05. The van der Waals surface area contributed by atoms with Crippen LogP contribution in [0.1, 0.15) is 13.3 Å². The fraction of sp³-hybridized carbons (Fsp3) is 0.500. The van der Waals surface area contributed by atoms with Crippen LogP contribution in [-0.4, -0.2) is 24.7 Å². The lowest BCUT2D eigenvalue weighted by Crippen LogP contribution is -2.22. The van der Waals surface area contributed by atoms with Crippen molar-refractivity contribution >= 4 is 38.2 Å². The number of halogens is 1. The van der Waals surface area contributed by atoms with E-state index in [2.05, 4.69) is 20.8 Å². The summed E-state index contributed by atoms with van der Waals surface area (Å²) in [6.45, 7) is 2.50. The van der Waals surface area contributed by atoms with E-state index in [4.69, 9.17) is 5.11 Å². The Balaban J connectivity index is 2.43. The topological polar surface area (TPSA) is 40.5 Å². The molecular formula is C10H14BrNO2S. The molecule has 0 amide bonds. The van der Waals surface area contributed by atoms with E-state index in [-0.39, 0.29) is 5.92 Å². The molecule has 0 saturated carbocycles. The van der Waals surface area contributed by atoms with Gasteiger partial charge in [0.15, 0.2) is 0 Å². The Kier molecular flexibility index (Phi) is 4.60. The SMILES string of the molecule is CC(CCN(C)c1cc(Br)cs1)C(=O)O. The molecule has 0 radical (unpaired) electrons. The van der Waals surface area contributed by atoms with Gasteiger partial charge in [0.1, 0.15) is 0 Å². The monoisotopic (exact) mass is 291 g/mol. The first-order valence-corrected chi connectivity index (χ1v) is 6.36. The maximum atomic E-state index is 10.6. The molecule has 0 aliphatic heterocycles. The van der Waals surface area contributed by atoms with E-state index in [0.29, 0.717) is 6.42 Å². The zero-order valence-corrected chi connectivity index (χ0v) is 11.1. The van der Waals surface area contributed by atoms with E-state index in [1.165, 1.54) is 0 Å². The second-order valence-electron chi connectivity index (χ2n) is 3.55. The molecule has 0 bridgehead atoms. The Morgan fingerprint density at radius 3 is 2.87 bits per heavy atom. The Hall–Kier alpha value is -0.550. The molecule has 0 aliphatic carbocycles. The predicted octanol–water partition coefficient (Wildman–Crippen LogP) is 3.06. The summed E-state index contributed by atoms with van der Waals surface area (Å²) in [5.41, 5.74) is 0. The molecule has 1 aromatic rings. The molecule has 1 atom stereocenters. The molecule has 0 saturated heterocycles. The number of carbonyl (C=O) groups is 1. The number of carboxylic acid groups (broad SMARTS) is 1. The number of hydrogen-bond acceptors (Lipinski definition) is 3. The van der Waals surface area contributed by atoms with Gasteiger partial charge in [-0.2, -0.15) is 0 Å². The first kappa shape index (κ1) is 12.5. The van der Waals surface area contributed by atoms with Crippen LogP contribution >= 0.6 is 27.3 Å². The second kappa shape index (κ2) is 5.51. The van der Waals surface area contributed by atoms with Crippen LogP contribution in [0.25, 0.3) is 0 Å². The Bertz CT molecular complexity index is 340. The van der Waals surface area contributed by atoms with E-state index in [0.717, 1.165) is 16.0 Å². The fourth-order valence-electron chi connectivity index (χ4n) is 1.12. The summed E-state index contributed by atoms with van der Waals surface area (Å²) in [7, 11) is 1.98. The zero-order valence-electron chi connectivity index (χ0n) is 8.74. The lowest BCUT2D eigenvalue weighted by Gasteiger charge is -2.17. The molecule has 0 aromatic carbocycles. The van der Waals surface area contributed by atoms with Gasteiger partial charge in [-0.25, -0.2) is 0 Å². The van der Waals surface area contributed by atoms with Crippen LogP contribution < -0.4 is 4.90 Å². The van der Waals surface area contributed by atoms with Crippen LogP contribution in [0.5, 0.6) is 0 Å². The predicted molar refractivity (Wildman–Crippen MR) is 66.7 cm³/mol. The minimum Gasteiger partial charge on any atom is -0.481 e. The third-order valence-electron chi connectivity index (χ3n) is 2.25. The molecule has 0 aliphatic rings. The Labute approximate surface area is 102 Å².